The zero-order valence-corrected chi connectivity index (χ0v) is 12.8. The van der Waals surface area contributed by atoms with Crippen molar-refractivity contribution in [3.05, 3.63) is 48.0 Å². The third-order valence-corrected chi connectivity index (χ3v) is 4.04. The lowest BCUT2D eigenvalue weighted by Crippen LogP contribution is -2.23. The molecule has 2 aromatic carbocycles. The van der Waals surface area contributed by atoms with Crippen LogP contribution in [-0.4, -0.2) is 29.3 Å². The molecule has 0 spiro atoms. The van der Waals surface area contributed by atoms with Gasteiger partial charge in [0, 0.05) is 28.4 Å². The number of aliphatic hydroxyl groups is 1. The summed E-state index contributed by atoms with van der Waals surface area (Å²) in [6, 6.07) is 8.90. The van der Waals surface area contributed by atoms with Gasteiger partial charge in [0.1, 0.15) is 11.6 Å². The van der Waals surface area contributed by atoms with E-state index in [-0.39, 0.29) is 17.7 Å². The van der Waals surface area contributed by atoms with Crippen LogP contribution in [0.4, 0.5) is 8.78 Å². The number of aromatic nitrogens is 1. The van der Waals surface area contributed by atoms with E-state index in [4.69, 9.17) is 5.11 Å². The Kier molecular flexibility index (Phi) is 4.88. The number of fused-ring (bicyclic) bond motifs is 3. The maximum atomic E-state index is 13.0. The van der Waals surface area contributed by atoms with E-state index in [2.05, 4.69) is 10.3 Å². The molecule has 3 aromatic rings. The summed E-state index contributed by atoms with van der Waals surface area (Å²) in [5.41, 5.74) is 1.63. The first-order valence-corrected chi connectivity index (χ1v) is 7.89. The smallest absolute Gasteiger partial charge is 0.123 e. The zero-order chi connectivity index (χ0) is 16.2. The van der Waals surface area contributed by atoms with Gasteiger partial charge in [-0.1, -0.05) is 0 Å². The minimum Gasteiger partial charge on any atom is -0.392 e. The fourth-order valence-corrected chi connectivity index (χ4v) is 2.84. The van der Waals surface area contributed by atoms with Crippen molar-refractivity contribution in [3.8, 4) is 0 Å². The first-order chi connectivity index (χ1) is 11.1. The summed E-state index contributed by atoms with van der Waals surface area (Å²) in [6.45, 7) is 1.87. The monoisotopic (exact) mass is 318 g/mol. The fourth-order valence-electron chi connectivity index (χ4n) is 2.84. The van der Waals surface area contributed by atoms with Gasteiger partial charge in [-0.25, -0.2) is 8.78 Å². The van der Waals surface area contributed by atoms with Crippen LogP contribution in [0.3, 0.4) is 0 Å². The molecule has 0 saturated carbocycles. The Hall–Kier alpha value is -1.98. The summed E-state index contributed by atoms with van der Waals surface area (Å²) >= 11 is 0. The van der Waals surface area contributed by atoms with Crippen molar-refractivity contribution in [2.75, 3.05) is 13.1 Å². The Morgan fingerprint density at radius 2 is 1.52 bits per heavy atom. The first kappa shape index (κ1) is 15.9. The number of benzene rings is 2. The Labute approximate surface area is 133 Å². The molecule has 0 aliphatic carbocycles. The highest BCUT2D eigenvalue weighted by molar-refractivity contribution is 6.07. The van der Waals surface area contributed by atoms with Gasteiger partial charge in [0.25, 0.3) is 0 Å². The van der Waals surface area contributed by atoms with Crippen molar-refractivity contribution in [2.24, 2.45) is 0 Å². The SMILES string of the molecule is Fc1ccc2[nH]c3ccc(F)cc3c2c1.OC1CCCCNC1. The first-order valence-electron chi connectivity index (χ1n) is 7.89. The molecular formula is C18H20F2N2O. The molecule has 3 nitrogen and oxygen atoms in total. The fraction of sp³-hybridized carbons (Fsp3) is 0.333. The lowest BCUT2D eigenvalue weighted by Gasteiger charge is -2.03. The van der Waals surface area contributed by atoms with Gasteiger partial charge >= 0.3 is 0 Å². The van der Waals surface area contributed by atoms with Gasteiger partial charge in [-0.05, 0) is 62.2 Å². The highest BCUT2D eigenvalue weighted by Gasteiger charge is 2.06. The summed E-state index contributed by atoms with van der Waals surface area (Å²) < 4.78 is 26.1. The van der Waals surface area contributed by atoms with E-state index < -0.39 is 0 Å². The standard InChI is InChI=1S/C12H7F2N.C6H13NO/c13-7-1-3-11-9(5-7)10-6-8(14)2-4-12(10)15-11;8-6-3-1-2-4-7-5-6/h1-6,15H;6-8H,1-5H2. The van der Waals surface area contributed by atoms with Crippen molar-refractivity contribution in [1.29, 1.82) is 0 Å². The van der Waals surface area contributed by atoms with Gasteiger partial charge in [0.2, 0.25) is 0 Å². The summed E-state index contributed by atoms with van der Waals surface area (Å²) in [4.78, 5) is 3.10. The topological polar surface area (TPSA) is 48.0 Å². The highest BCUT2D eigenvalue weighted by atomic mass is 19.1. The van der Waals surface area contributed by atoms with Crippen LogP contribution < -0.4 is 5.32 Å². The van der Waals surface area contributed by atoms with E-state index in [0.29, 0.717) is 10.8 Å². The van der Waals surface area contributed by atoms with E-state index in [9.17, 15) is 8.78 Å². The lowest BCUT2D eigenvalue weighted by atomic mass is 10.1. The molecule has 0 amide bonds. The van der Waals surface area contributed by atoms with Crippen molar-refractivity contribution < 1.29 is 13.9 Å². The van der Waals surface area contributed by atoms with Crippen molar-refractivity contribution in [1.82, 2.24) is 10.3 Å². The zero-order valence-electron chi connectivity index (χ0n) is 12.8. The molecule has 1 fully saturated rings. The number of H-pyrrole nitrogens is 1. The molecule has 122 valence electrons. The average molecular weight is 318 g/mol. The van der Waals surface area contributed by atoms with Crippen LogP contribution in [0.5, 0.6) is 0 Å². The van der Waals surface area contributed by atoms with Crippen molar-refractivity contribution in [2.45, 2.75) is 25.4 Å². The predicted octanol–water partition coefficient (Wildman–Crippen LogP) is 3.72. The second-order valence-electron chi connectivity index (χ2n) is 5.86. The molecule has 1 atom stereocenters. The lowest BCUT2D eigenvalue weighted by molar-refractivity contribution is 0.168. The minimum absolute atomic E-state index is 0.0856. The number of hydrogen-bond donors (Lipinski definition) is 3. The van der Waals surface area contributed by atoms with E-state index in [1.807, 2.05) is 0 Å². The number of halogens is 2. The number of hydrogen-bond acceptors (Lipinski definition) is 2. The molecule has 0 bridgehead atoms. The number of aliphatic hydroxyl groups excluding tert-OH is 1. The van der Waals surface area contributed by atoms with Crippen molar-refractivity contribution in [3.63, 3.8) is 0 Å². The Morgan fingerprint density at radius 3 is 2.13 bits per heavy atom. The van der Waals surface area contributed by atoms with Crippen LogP contribution in [0.2, 0.25) is 0 Å². The Bertz CT molecular complexity index is 736. The molecular weight excluding hydrogens is 298 g/mol. The van der Waals surface area contributed by atoms with Gasteiger partial charge in [-0.15, -0.1) is 0 Å². The van der Waals surface area contributed by atoms with Gasteiger partial charge in [0.05, 0.1) is 6.10 Å². The van der Waals surface area contributed by atoms with E-state index in [1.165, 1.54) is 37.1 Å². The molecule has 1 saturated heterocycles. The van der Waals surface area contributed by atoms with Crippen LogP contribution in [0.25, 0.3) is 21.8 Å². The second kappa shape index (κ2) is 7.06. The normalized spacial score (nSPS) is 18.5. The minimum atomic E-state index is -0.312. The van der Waals surface area contributed by atoms with Gasteiger partial charge in [0.15, 0.2) is 0 Å². The molecule has 1 aliphatic heterocycles. The van der Waals surface area contributed by atoms with E-state index in [0.717, 1.165) is 30.5 Å². The highest BCUT2D eigenvalue weighted by Crippen LogP contribution is 2.26. The molecule has 1 aliphatic rings. The van der Waals surface area contributed by atoms with Gasteiger partial charge in [-0.3, -0.25) is 0 Å². The molecule has 3 N–H and O–H groups in total. The third kappa shape index (κ3) is 3.86. The van der Waals surface area contributed by atoms with Crippen LogP contribution in [0.1, 0.15) is 19.3 Å². The number of rotatable bonds is 0. The maximum absolute atomic E-state index is 13.0. The average Bonchev–Trinajstić information content (AvgIpc) is 2.70. The molecule has 2 heterocycles. The second-order valence-corrected chi connectivity index (χ2v) is 5.86. The number of aromatic amines is 1. The largest absolute Gasteiger partial charge is 0.392 e. The molecule has 5 heteroatoms. The molecule has 1 unspecified atom stereocenters. The van der Waals surface area contributed by atoms with Crippen LogP contribution in [-0.2, 0) is 0 Å². The Balaban J connectivity index is 0.000000166. The third-order valence-electron chi connectivity index (χ3n) is 4.04. The maximum Gasteiger partial charge on any atom is 0.123 e. The summed E-state index contributed by atoms with van der Waals surface area (Å²) in [5.74, 6) is -0.625. The number of nitrogens with one attached hydrogen (secondary N) is 2. The summed E-state index contributed by atoms with van der Waals surface area (Å²) in [7, 11) is 0. The molecule has 4 rings (SSSR count). The van der Waals surface area contributed by atoms with Crippen molar-refractivity contribution >= 4 is 21.8 Å². The summed E-state index contributed by atoms with van der Waals surface area (Å²) in [5, 5.41) is 13.6. The Morgan fingerprint density at radius 1 is 0.913 bits per heavy atom. The van der Waals surface area contributed by atoms with Crippen LogP contribution >= 0.6 is 0 Å². The summed E-state index contributed by atoms with van der Waals surface area (Å²) in [6.07, 6.45) is 3.29. The van der Waals surface area contributed by atoms with E-state index >= 15 is 0 Å². The molecule has 0 radical (unpaired) electrons. The van der Waals surface area contributed by atoms with E-state index in [1.54, 1.807) is 12.1 Å². The quantitative estimate of drug-likeness (QED) is 0.591. The van der Waals surface area contributed by atoms with Crippen LogP contribution in [0.15, 0.2) is 36.4 Å². The van der Waals surface area contributed by atoms with Gasteiger partial charge < -0.3 is 15.4 Å². The molecule has 1 aromatic heterocycles. The molecule has 23 heavy (non-hydrogen) atoms. The van der Waals surface area contributed by atoms with Gasteiger partial charge in [-0.2, -0.15) is 0 Å². The van der Waals surface area contributed by atoms with Crippen LogP contribution in [0, 0.1) is 11.6 Å². The number of β-amino-alcohol motifs (C(OH)–C–C–N with tert-alkyl or cyclic N) is 1. The predicted molar refractivity (Wildman–Crippen MR) is 88.4 cm³/mol.